The Balaban J connectivity index is 2.01. The average Bonchev–Trinajstić information content (AvgIpc) is 3.46. The van der Waals surface area contributed by atoms with E-state index < -0.39 is 0 Å². The van der Waals surface area contributed by atoms with E-state index in [0.717, 1.165) is 55.0 Å². The van der Waals surface area contributed by atoms with Crippen molar-refractivity contribution in [2.24, 2.45) is 32.3 Å². The zero-order chi connectivity index (χ0) is 37.0. The molecule has 3 rings (SSSR count). The van der Waals surface area contributed by atoms with Crippen LogP contribution in [0.15, 0.2) is 56.9 Å². The number of unbranched alkanes of at least 4 members (excludes halogenated alkanes) is 3. The molecule has 2 aromatic carbocycles. The zero-order valence-electron chi connectivity index (χ0n) is 32.6. The summed E-state index contributed by atoms with van der Waals surface area (Å²) < 4.78 is 12.5. The van der Waals surface area contributed by atoms with Crippen LogP contribution in [0.4, 0.5) is 27.1 Å². The molecular weight excluding hydrogens is 653 g/mol. The number of benzene rings is 2. The Morgan fingerprint density at radius 2 is 1.31 bits per heavy atom. The number of anilines is 1. The van der Waals surface area contributed by atoms with Gasteiger partial charge < -0.3 is 14.4 Å². The van der Waals surface area contributed by atoms with Gasteiger partial charge in [-0.1, -0.05) is 103 Å². The van der Waals surface area contributed by atoms with Crippen molar-refractivity contribution in [3.63, 3.8) is 0 Å². The summed E-state index contributed by atoms with van der Waals surface area (Å²) in [4.78, 5) is 2.55. The number of nitriles is 1. The summed E-state index contributed by atoms with van der Waals surface area (Å²) in [6, 6.07) is 14.5. The lowest BCUT2D eigenvalue weighted by Crippen LogP contribution is -2.34. The van der Waals surface area contributed by atoms with Crippen LogP contribution in [-0.4, -0.2) is 26.3 Å². The number of hydrogen-bond acceptors (Lipinski definition) is 9. The highest BCUT2D eigenvalue weighted by Crippen LogP contribution is 2.45. The molecule has 1 aromatic heterocycles. The Morgan fingerprint density at radius 1 is 0.725 bits per heavy atom. The van der Waals surface area contributed by atoms with Crippen molar-refractivity contribution in [1.82, 2.24) is 0 Å². The maximum absolute atomic E-state index is 10.1. The number of ether oxygens (including phenoxy) is 2. The summed E-state index contributed by atoms with van der Waals surface area (Å²) in [5.74, 6) is 2.63. The van der Waals surface area contributed by atoms with Gasteiger partial charge in [-0.25, -0.2) is 0 Å². The van der Waals surface area contributed by atoms with Gasteiger partial charge >= 0.3 is 0 Å². The van der Waals surface area contributed by atoms with Gasteiger partial charge in [0, 0.05) is 30.8 Å². The highest BCUT2D eigenvalue weighted by atomic mass is 32.1. The molecule has 0 aliphatic carbocycles. The number of nitrogens with zero attached hydrogens (tertiary/aromatic N) is 6. The molecule has 0 aliphatic heterocycles. The van der Waals surface area contributed by atoms with Crippen LogP contribution in [0.2, 0.25) is 0 Å². The molecule has 0 N–H and O–H groups in total. The van der Waals surface area contributed by atoms with Crippen molar-refractivity contribution in [2.45, 2.75) is 126 Å². The van der Waals surface area contributed by atoms with E-state index >= 15 is 0 Å². The van der Waals surface area contributed by atoms with Gasteiger partial charge in [-0.05, 0) is 76.0 Å². The minimum Gasteiger partial charge on any atom is -0.492 e. The molecule has 51 heavy (non-hydrogen) atoms. The van der Waals surface area contributed by atoms with Gasteiger partial charge in [0.2, 0.25) is 0 Å². The molecule has 0 saturated carbocycles. The monoisotopic (exact) mass is 714 g/mol. The molecule has 9 heteroatoms. The van der Waals surface area contributed by atoms with Crippen LogP contribution in [-0.2, 0) is 6.42 Å². The van der Waals surface area contributed by atoms with Crippen LogP contribution in [0.1, 0.15) is 129 Å². The van der Waals surface area contributed by atoms with Crippen LogP contribution >= 0.6 is 11.3 Å². The topological polar surface area (TPSA) is 94.9 Å². The third-order valence-corrected chi connectivity index (χ3v) is 10.6. The quantitative estimate of drug-likeness (QED) is 0.0863. The Bertz CT molecular complexity index is 1540. The second-order valence-corrected chi connectivity index (χ2v) is 14.4. The van der Waals surface area contributed by atoms with Crippen LogP contribution in [0, 0.1) is 30.1 Å². The molecule has 8 nitrogen and oxygen atoms in total. The lowest BCUT2D eigenvalue weighted by Gasteiger charge is -2.34. The fourth-order valence-electron chi connectivity index (χ4n) is 6.23. The average molecular weight is 715 g/mol. The third-order valence-electron chi connectivity index (χ3n) is 9.50. The molecule has 0 aliphatic rings. The fourth-order valence-corrected chi connectivity index (χ4v) is 7.13. The van der Waals surface area contributed by atoms with Crippen molar-refractivity contribution in [2.75, 3.05) is 31.2 Å². The lowest BCUT2D eigenvalue weighted by atomic mass is 9.95. The predicted molar refractivity (Wildman–Crippen MR) is 215 cm³/mol. The number of azo groups is 2. The minimum absolute atomic E-state index is 0.453. The number of aryl methyl sites for hydroxylation is 1. The van der Waals surface area contributed by atoms with Crippen molar-refractivity contribution >= 4 is 38.4 Å². The van der Waals surface area contributed by atoms with E-state index in [-0.39, 0.29) is 0 Å². The first-order valence-corrected chi connectivity index (χ1v) is 20.3. The maximum atomic E-state index is 10.1. The molecule has 0 saturated heterocycles. The predicted octanol–water partition coefficient (Wildman–Crippen LogP) is 14.1. The van der Waals surface area contributed by atoms with Gasteiger partial charge in [0.15, 0.2) is 5.00 Å². The SMILES string of the molecule is CCCCc1ccc(N=Nc2sc(N=Nc3cc(OCC)c(N(CC(CC)CCCC)CC(CC)CCCC)cc3OCC)c(C#N)c2C)cc1. The summed E-state index contributed by atoms with van der Waals surface area (Å²) in [7, 11) is 0. The van der Waals surface area contributed by atoms with Crippen LogP contribution in [0.3, 0.4) is 0 Å². The summed E-state index contributed by atoms with van der Waals surface area (Å²) in [5, 5.41) is 29.5. The van der Waals surface area contributed by atoms with Gasteiger partial charge in [0.25, 0.3) is 0 Å². The molecule has 0 amide bonds. The lowest BCUT2D eigenvalue weighted by molar-refractivity contribution is 0.329. The number of hydrogen-bond donors (Lipinski definition) is 0. The van der Waals surface area contributed by atoms with Gasteiger partial charge in [-0.2, -0.15) is 5.26 Å². The second kappa shape index (κ2) is 22.9. The Morgan fingerprint density at radius 3 is 1.86 bits per heavy atom. The zero-order valence-corrected chi connectivity index (χ0v) is 33.4. The Hall–Kier alpha value is -3.77. The van der Waals surface area contributed by atoms with Crippen molar-refractivity contribution in [1.29, 1.82) is 5.26 Å². The molecule has 2 unspecified atom stereocenters. The Kier molecular flexibility index (Phi) is 18.7. The van der Waals surface area contributed by atoms with E-state index in [1.807, 2.05) is 39.0 Å². The normalized spacial score (nSPS) is 12.8. The largest absolute Gasteiger partial charge is 0.492 e. The molecule has 1 heterocycles. The first kappa shape index (κ1) is 41.6. The fraction of sp³-hybridized carbons (Fsp3) is 0.595. The summed E-state index contributed by atoms with van der Waals surface area (Å²) in [5.41, 5.74) is 4.89. The van der Waals surface area contributed by atoms with E-state index in [4.69, 9.17) is 9.47 Å². The van der Waals surface area contributed by atoms with Crippen molar-refractivity contribution in [3.05, 3.63) is 53.1 Å². The number of rotatable bonds is 24. The molecule has 0 bridgehead atoms. The van der Waals surface area contributed by atoms with Crippen molar-refractivity contribution in [3.8, 4) is 17.6 Å². The van der Waals surface area contributed by atoms with Gasteiger partial charge in [0.05, 0.1) is 30.2 Å². The third kappa shape index (κ3) is 12.7. The van der Waals surface area contributed by atoms with E-state index in [9.17, 15) is 5.26 Å². The van der Waals surface area contributed by atoms with Crippen molar-refractivity contribution < 1.29 is 9.47 Å². The summed E-state index contributed by atoms with van der Waals surface area (Å²) in [6.45, 7) is 20.2. The van der Waals surface area contributed by atoms with E-state index in [2.05, 4.69) is 84.2 Å². The Labute approximate surface area is 312 Å². The standard InChI is InChI=1S/C42H62N6O2S/c1-9-16-19-32(12-4)29-48(30-33(13-5)20-17-10-2)38-27-39(49-14-6)37(26-40(38)50-15-7)45-47-42-36(28-43)31(8)41(51-42)46-44-35-24-22-34(23-25-35)21-18-11-3/h22-27,32-33H,9-21,29-30H2,1-8H3. The molecular formula is C42H62N6O2S. The first-order chi connectivity index (χ1) is 24.8. The molecule has 0 spiro atoms. The second-order valence-electron chi connectivity index (χ2n) is 13.4. The van der Waals surface area contributed by atoms with Crippen LogP contribution < -0.4 is 14.4 Å². The molecule has 0 fully saturated rings. The van der Waals surface area contributed by atoms with E-state index in [1.165, 1.54) is 68.3 Å². The number of thiophene rings is 1. The maximum Gasteiger partial charge on any atom is 0.159 e. The van der Waals surface area contributed by atoms with Crippen LogP contribution in [0.5, 0.6) is 11.5 Å². The summed E-state index contributed by atoms with van der Waals surface area (Å²) >= 11 is 1.31. The molecule has 3 aromatic rings. The molecule has 278 valence electrons. The van der Waals surface area contributed by atoms with E-state index in [1.54, 1.807) is 0 Å². The van der Waals surface area contributed by atoms with Gasteiger partial charge in [-0.15, -0.1) is 20.5 Å². The smallest absolute Gasteiger partial charge is 0.159 e. The molecule has 2 atom stereocenters. The van der Waals surface area contributed by atoms with Gasteiger partial charge in [0.1, 0.15) is 28.3 Å². The summed E-state index contributed by atoms with van der Waals surface area (Å²) in [6.07, 6.45) is 13.0. The highest BCUT2D eigenvalue weighted by molar-refractivity contribution is 7.19. The van der Waals surface area contributed by atoms with Gasteiger partial charge in [-0.3, -0.25) is 0 Å². The first-order valence-electron chi connectivity index (χ1n) is 19.5. The van der Waals surface area contributed by atoms with E-state index in [0.29, 0.717) is 52.1 Å². The minimum atomic E-state index is 0.453. The highest BCUT2D eigenvalue weighted by Gasteiger charge is 2.23. The molecule has 0 radical (unpaired) electrons. The van der Waals surface area contributed by atoms with Crippen LogP contribution in [0.25, 0.3) is 0 Å².